The van der Waals surface area contributed by atoms with E-state index in [1.807, 2.05) is 13.8 Å². The van der Waals surface area contributed by atoms with Gasteiger partial charge in [-0.3, -0.25) is 9.69 Å². The van der Waals surface area contributed by atoms with Gasteiger partial charge in [-0.1, -0.05) is 13.8 Å². The van der Waals surface area contributed by atoms with Crippen molar-refractivity contribution in [3.63, 3.8) is 0 Å². The quantitative estimate of drug-likeness (QED) is 0.800. The van der Waals surface area contributed by atoms with E-state index in [0.717, 1.165) is 19.5 Å². The third-order valence-electron chi connectivity index (χ3n) is 5.11. The Morgan fingerprint density at radius 2 is 2.24 bits per heavy atom. The van der Waals surface area contributed by atoms with Crippen LogP contribution in [0, 0.1) is 17.2 Å². The topological polar surface area (TPSA) is 68.2 Å². The molecule has 0 aromatic rings. The highest BCUT2D eigenvalue weighted by Gasteiger charge is 2.36. The summed E-state index contributed by atoms with van der Waals surface area (Å²) >= 11 is 0. The first kappa shape index (κ1) is 16.3. The molecule has 1 amide bonds. The summed E-state index contributed by atoms with van der Waals surface area (Å²) in [7, 11) is 0. The number of rotatable bonds is 5. The zero-order chi connectivity index (χ0) is 15.5. The van der Waals surface area contributed by atoms with Gasteiger partial charge in [0.15, 0.2) is 0 Å². The molecule has 2 aliphatic heterocycles. The van der Waals surface area contributed by atoms with Crippen LogP contribution in [0.15, 0.2) is 0 Å². The molecule has 2 fully saturated rings. The van der Waals surface area contributed by atoms with Crippen molar-refractivity contribution in [2.24, 2.45) is 5.92 Å². The summed E-state index contributed by atoms with van der Waals surface area (Å²) in [5.41, 5.74) is -0.780. The fourth-order valence-corrected chi connectivity index (χ4v) is 3.36. The molecular weight excluding hydrogens is 264 g/mol. The van der Waals surface area contributed by atoms with E-state index in [4.69, 9.17) is 0 Å². The Morgan fingerprint density at radius 1 is 1.48 bits per heavy atom. The summed E-state index contributed by atoms with van der Waals surface area (Å²) in [6.07, 6.45) is 4.78. The summed E-state index contributed by atoms with van der Waals surface area (Å²) in [6.45, 7) is 8.22. The van der Waals surface area contributed by atoms with E-state index >= 15 is 0 Å². The zero-order valence-electron chi connectivity index (χ0n) is 13.5. The Kier molecular flexibility index (Phi) is 5.23. The number of nitrogens with one attached hydrogen (secondary N) is 2. The van der Waals surface area contributed by atoms with Crippen LogP contribution in [0.25, 0.3) is 0 Å². The van der Waals surface area contributed by atoms with Crippen molar-refractivity contribution in [3.8, 4) is 6.07 Å². The van der Waals surface area contributed by atoms with E-state index in [-0.39, 0.29) is 11.8 Å². The minimum atomic E-state index is -0.780. The first-order chi connectivity index (χ1) is 9.96. The first-order valence-corrected chi connectivity index (χ1v) is 8.16. The van der Waals surface area contributed by atoms with Crippen molar-refractivity contribution >= 4 is 5.91 Å². The van der Waals surface area contributed by atoms with Crippen LogP contribution >= 0.6 is 0 Å². The highest BCUT2D eigenvalue weighted by molar-refractivity contribution is 5.79. The van der Waals surface area contributed by atoms with Crippen molar-refractivity contribution in [2.75, 3.05) is 19.6 Å². The molecule has 2 saturated heterocycles. The Labute approximate surface area is 128 Å². The van der Waals surface area contributed by atoms with Gasteiger partial charge in [-0.2, -0.15) is 5.26 Å². The minimum absolute atomic E-state index is 0.0300. The molecule has 0 radical (unpaired) electrons. The smallest absolute Gasteiger partial charge is 0.235 e. The molecule has 5 nitrogen and oxygen atoms in total. The van der Waals surface area contributed by atoms with E-state index in [1.165, 1.54) is 19.3 Å². The molecule has 118 valence electrons. The lowest BCUT2D eigenvalue weighted by Gasteiger charge is -2.31. The second-order valence-electron chi connectivity index (χ2n) is 6.90. The number of likely N-dealkylation sites (tertiary alicyclic amines) is 1. The fraction of sp³-hybridized carbons (Fsp3) is 0.875. The van der Waals surface area contributed by atoms with Crippen molar-refractivity contribution in [1.29, 1.82) is 5.26 Å². The fourth-order valence-electron chi connectivity index (χ4n) is 3.36. The van der Waals surface area contributed by atoms with Crippen molar-refractivity contribution < 1.29 is 4.79 Å². The molecule has 0 saturated carbocycles. The molecule has 5 heteroatoms. The molecule has 0 bridgehead atoms. The van der Waals surface area contributed by atoms with E-state index < -0.39 is 5.54 Å². The van der Waals surface area contributed by atoms with Gasteiger partial charge in [-0.05, 0) is 51.6 Å². The van der Waals surface area contributed by atoms with Gasteiger partial charge in [0.05, 0.1) is 12.6 Å². The molecule has 0 aliphatic carbocycles. The second kappa shape index (κ2) is 6.76. The van der Waals surface area contributed by atoms with Crippen LogP contribution in [0.1, 0.15) is 46.5 Å². The highest BCUT2D eigenvalue weighted by Crippen LogP contribution is 2.24. The predicted molar refractivity (Wildman–Crippen MR) is 82.6 cm³/mol. The molecule has 2 N–H and O–H groups in total. The lowest BCUT2D eigenvalue weighted by atomic mass is 9.90. The van der Waals surface area contributed by atoms with Crippen LogP contribution in [0.5, 0.6) is 0 Å². The number of hydrogen-bond donors (Lipinski definition) is 2. The minimum Gasteiger partial charge on any atom is -0.337 e. The SMILES string of the molecule is CC(C)C(C)(C#N)NC(=O)CN1CCCC1C1CCCN1. The van der Waals surface area contributed by atoms with E-state index in [1.54, 1.807) is 6.92 Å². The molecule has 2 rings (SSSR count). The molecule has 3 atom stereocenters. The Morgan fingerprint density at radius 3 is 2.81 bits per heavy atom. The summed E-state index contributed by atoms with van der Waals surface area (Å²) in [5, 5.41) is 15.8. The number of nitriles is 1. The number of amides is 1. The van der Waals surface area contributed by atoms with Crippen LogP contribution in [0.2, 0.25) is 0 Å². The van der Waals surface area contributed by atoms with Crippen molar-refractivity contribution in [2.45, 2.75) is 64.1 Å². The number of carbonyl (C=O) groups excluding carboxylic acids is 1. The second-order valence-corrected chi connectivity index (χ2v) is 6.90. The highest BCUT2D eigenvalue weighted by atomic mass is 16.2. The van der Waals surface area contributed by atoms with Crippen LogP contribution in [0.3, 0.4) is 0 Å². The maximum Gasteiger partial charge on any atom is 0.235 e. The average Bonchev–Trinajstić information content (AvgIpc) is 3.08. The molecule has 2 aliphatic rings. The molecule has 21 heavy (non-hydrogen) atoms. The third kappa shape index (κ3) is 3.75. The lowest BCUT2D eigenvalue weighted by Crippen LogP contribution is -2.53. The van der Waals surface area contributed by atoms with Gasteiger partial charge in [-0.25, -0.2) is 0 Å². The van der Waals surface area contributed by atoms with Gasteiger partial charge in [0.1, 0.15) is 5.54 Å². The lowest BCUT2D eigenvalue weighted by molar-refractivity contribution is -0.124. The summed E-state index contributed by atoms with van der Waals surface area (Å²) in [6, 6.07) is 3.25. The largest absolute Gasteiger partial charge is 0.337 e. The normalized spacial score (nSPS) is 29.3. The first-order valence-electron chi connectivity index (χ1n) is 8.16. The van der Waals surface area contributed by atoms with Crippen molar-refractivity contribution in [1.82, 2.24) is 15.5 Å². The van der Waals surface area contributed by atoms with Gasteiger partial charge < -0.3 is 10.6 Å². The van der Waals surface area contributed by atoms with Gasteiger partial charge >= 0.3 is 0 Å². The number of carbonyl (C=O) groups is 1. The molecule has 3 unspecified atom stereocenters. The maximum atomic E-state index is 12.3. The molecule has 2 heterocycles. The van der Waals surface area contributed by atoms with Crippen LogP contribution < -0.4 is 10.6 Å². The monoisotopic (exact) mass is 292 g/mol. The van der Waals surface area contributed by atoms with Crippen LogP contribution in [0.4, 0.5) is 0 Å². The molecular formula is C16H28N4O. The zero-order valence-corrected chi connectivity index (χ0v) is 13.5. The average molecular weight is 292 g/mol. The van der Waals surface area contributed by atoms with Gasteiger partial charge in [0, 0.05) is 12.1 Å². The Bertz CT molecular complexity index is 411. The Hall–Kier alpha value is -1.12. The van der Waals surface area contributed by atoms with E-state index in [0.29, 0.717) is 18.6 Å². The van der Waals surface area contributed by atoms with Gasteiger partial charge in [0.2, 0.25) is 5.91 Å². The van der Waals surface area contributed by atoms with Crippen LogP contribution in [-0.2, 0) is 4.79 Å². The third-order valence-corrected chi connectivity index (χ3v) is 5.11. The Balaban J connectivity index is 1.91. The standard InChI is InChI=1S/C16H28N4O/c1-12(2)16(3,11-17)19-15(21)10-20-9-5-7-14(20)13-6-4-8-18-13/h12-14,18H,4-10H2,1-3H3,(H,19,21). The summed E-state index contributed by atoms with van der Waals surface area (Å²) < 4.78 is 0. The van der Waals surface area contributed by atoms with E-state index in [2.05, 4.69) is 21.6 Å². The molecule has 0 aromatic carbocycles. The van der Waals surface area contributed by atoms with Gasteiger partial charge in [0.25, 0.3) is 0 Å². The van der Waals surface area contributed by atoms with Crippen molar-refractivity contribution in [3.05, 3.63) is 0 Å². The van der Waals surface area contributed by atoms with Gasteiger partial charge in [-0.15, -0.1) is 0 Å². The number of nitrogens with zero attached hydrogens (tertiary/aromatic N) is 2. The number of hydrogen-bond acceptors (Lipinski definition) is 4. The van der Waals surface area contributed by atoms with E-state index in [9.17, 15) is 10.1 Å². The molecule has 0 spiro atoms. The molecule has 0 aromatic heterocycles. The van der Waals surface area contributed by atoms with Crippen LogP contribution in [-0.4, -0.2) is 48.1 Å². The summed E-state index contributed by atoms with van der Waals surface area (Å²) in [4.78, 5) is 14.6. The maximum absolute atomic E-state index is 12.3. The summed E-state index contributed by atoms with van der Waals surface area (Å²) in [5.74, 6) is 0.0648. The predicted octanol–water partition coefficient (Wildman–Crippen LogP) is 1.26.